The molecule has 60 valence electrons. The van der Waals surface area contributed by atoms with E-state index < -0.39 is 12.1 Å². The normalized spacial score (nSPS) is 12.7. The maximum absolute atomic E-state index is 10.6. The summed E-state index contributed by atoms with van der Waals surface area (Å²) in [6.45, 7) is 1.71. The van der Waals surface area contributed by atoms with Gasteiger partial charge in [0, 0.05) is 7.11 Å². The molecule has 0 aromatic rings. The lowest BCUT2D eigenvalue weighted by atomic mass is 10.4. The fourth-order valence-electron chi connectivity index (χ4n) is 0.404. The molecule has 10 heavy (non-hydrogen) atoms. The third-order valence-electron chi connectivity index (χ3n) is 0.969. The number of carbonyl (C=O) groups is 1. The molecule has 0 fully saturated rings. The van der Waals surface area contributed by atoms with E-state index in [0.717, 1.165) is 0 Å². The first kappa shape index (κ1) is 9.39. The predicted octanol–water partition coefficient (Wildman–Crippen LogP) is 0.168. The Kier molecular flexibility index (Phi) is 4.88. The number of hydrogen-bond donors (Lipinski definition) is 0. The van der Waals surface area contributed by atoms with Crippen LogP contribution in [0.15, 0.2) is 0 Å². The highest BCUT2D eigenvalue weighted by molar-refractivity contribution is 5.73. The molecule has 4 heteroatoms. The molecule has 0 amide bonds. The third-order valence-corrected chi connectivity index (χ3v) is 0.969. The highest BCUT2D eigenvalue weighted by atomic mass is 16.7. The van der Waals surface area contributed by atoms with Gasteiger partial charge in [0.2, 0.25) is 0 Å². The second kappa shape index (κ2) is 5.20. The fourth-order valence-corrected chi connectivity index (χ4v) is 0.404. The van der Waals surface area contributed by atoms with Crippen LogP contribution < -0.4 is 0 Å². The lowest BCUT2D eigenvalue weighted by Gasteiger charge is -2.08. The number of rotatable bonds is 4. The molecule has 0 rings (SSSR count). The van der Waals surface area contributed by atoms with Gasteiger partial charge < -0.3 is 14.2 Å². The van der Waals surface area contributed by atoms with Crippen molar-refractivity contribution in [2.45, 2.75) is 13.0 Å². The van der Waals surface area contributed by atoms with Crippen molar-refractivity contribution in [2.75, 3.05) is 21.0 Å². The average molecular weight is 148 g/mol. The molecule has 0 bridgehead atoms. The van der Waals surface area contributed by atoms with Crippen LogP contribution in [0, 0.1) is 0 Å². The second-order valence-electron chi connectivity index (χ2n) is 1.74. The summed E-state index contributed by atoms with van der Waals surface area (Å²) in [5.41, 5.74) is 0. The summed E-state index contributed by atoms with van der Waals surface area (Å²) < 4.78 is 13.8. The van der Waals surface area contributed by atoms with Crippen LogP contribution in [0.4, 0.5) is 0 Å². The van der Waals surface area contributed by atoms with Gasteiger partial charge in [-0.05, 0) is 6.92 Å². The number of esters is 1. The first-order valence-corrected chi connectivity index (χ1v) is 2.90. The van der Waals surface area contributed by atoms with Crippen molar-refractivity contribution in [1.29, 1.82) is 0 Å². The van der Waals surface area contributed by atoms with E-state index >= 15 is 0 Å². The van der Waals surface area contributed by atoms with Crippen LogP contribution in [0.2, 0.25) is 0 Å². The number of ether oxygens (including phenoxy) is 3. The van der Waals surface area contributed by atoms with Gasteiger partial charge in [-0.25, -0.2) is 4.79 Å². The molecule has 0 unspecified atom stereocenters. The second-order valence-corrected chi connectivity index (χ2v) is 1.74. The summed E-state index contributed by atoms with van der Waals surface area (Å²) in [7, 11) is 2.80. The molecule has 0 aliphatic carbocycles. The molecule has 0 spiro atoms. The van der Waals surface area contributed by atoms with Crippen molar-refractivity contribution in [3.8, 4) is 0 Å². The summed E-state index contributed by atoms with van der Waals surface area (Å²) >= 11 is 0. The van der Waals surface area contributed by atoms with Crippen molar-refractivity contribution >= 4 is 5.97 Å². The van der Waals surface area contributed by atoms with E-state index in [2.05, 4.69) is 9.47 Å². The van der Waals surface area contributed by atoms with Gasteiger partial charge in [-0.1, -0.05) is 0 Å². The molecule has 0 saturated heterocycles. The Morgan fingerprint density at radius 1 is 1.50 bits per heavy atom. The minimum absolute atomic E-state index is 0.107. The zero-order chi connectivity index (χ0) is 7.98. The molecule has 0 aliphatic heterocycles. The van der Waals surface area contributed by atoms with Crippen LogP contribution in [0.1, 0.15) is 6.92 Å². The van der Waals surface area contributed by atoms with Crippen LogP contribution in [-0.2, 0) is 19.0 Å². The quantitative estimate of drug-likeness (QED) is 0.421. The predicted molar refractivity (Wildman–Crippen MR) is 34.4 cm³/mol. The molecule has 0 heterocycles. The monoisotopic (exact) mass is 148 g/mol. The van der Waals surface area contributed by atoms with Crippen LogP contribution in [0.25, 0.3) is 0 Å². The Morgan fingerprint density at radius 3 is 2.50 bits per heavy atom. The highest BCUT2D eigenvalue weighted by Crippen LogP contribution is 1.92. The minimum Gasteiger partial charge on any atom is -0.467 e. The smallest absolute Gasteiger partial charge is 0.334 e. The Hall–Kier alpha value is -0.610. The molecule has 0 radical (unpaired) electrons. The van der Waals surface area contributed by atoms with Gasteiger partial charge in [0.1, 0.15) is 6.79 Å². The largest absolute Gasteiger partial charge is 0.467 e. The van der Waals surface area contributed by atoms with Gasteiger partial charge >= 0.3 is 5.97 Å². The van der Waals surface area contributed by atoms with Gasteiger partial charge in [0.05, 0.1) is 7.11 Å². The van der Waals surface area contributed by atoms with E-state index in [1.54, 1.807) is 6.92 Å². The molecule has 1 atom stereocenters. The molecule has 0 saturated carbocycles. The Morgan fingerprint density at radius 2 is 2.10 bits per heavy atom. The van der Waals surface area contributed by atoms with Gasteiger partial charge in [0.15, 0.2) is 6.10 Å². The van der Waals surface area contributed by atoms with E-state index in [0.29, 0.717) is 0 Å². The molecular weight excluding hydrogens is 136 g/mol. The van der Waals surface area contributed by atoms with Crippen molar-refractivity contribution in [3.63, 3.8) is 0 Å². The Bertz CT molecular complexity index is 102. The van der Waals surface area contributed by atoms with Crippen LogP contribution in [0.3, 0.4) is 0 Å². The van der Waals surface area contributed by atoms with E-state index in [-0.39, 0.29) is 6.79 Å². The molecule has 0 aliphatic rings. The first-order valence-electron chi connectivity index (χ1n) is 2.90. The SMILES string of the molecule is COCO[C@H](C)C(=O)OC. The Labute approximate surface area is 60.1 Å². The van der Waals surface area contributed by atoms with Crippen LogP contribution in [0.5, 0.6) is 0 Å². The number of carbonyl (C=O) groups excluding carboxylic acids is 1. The average Bonchev–Trinajstić information content (AvgIpc) is 1.98. The summed E-state index contributed by atoms with van der Waals surface area (Å²) in [5.74, 6) is -0.392. The fraction of sp³-hybridized carbons (Fsp3) is 0.833. The first-order chi connectivity index (χ1) is 4.72. The van der Waals surface area contributed by atoms with Crippen molar-refractivity contribution < 1.29 is 19.0 Å². The molecular formula is C6H12O4. The van der Waals surface area contributed by atoms with E-state index in [1.807, 2.05) is 0 Å². The molecule has 0 N–H and O–H groups in total. The lowest BCUT2D eigenvalue weighted by Crippen LogP contribution is -2.22. The zero-order valence-corrected chi connectivity index (χ0v) is 6.42. The van der Waals surface area contributed by atoms with Gasteiger partial charge in [-0.2, -0.15) is 0 Å². The maximum atomic E-state index is 10.6. The van der Waals surface area contributed by atoms with Crippen LogP contribution in [-0.4, -0.2) is 33.1 Å². The Balaban J connectivity index is 3.41. The minimum atomic E-state index is -0.551. The molecule has 4 nitrogen and oxygen atoms in total. The topological polar surface area (TPSA) is 44.8 Å². The number of methoxy groups -OCH3 is 2. The maximum Gasteiger partial charge on any atom is 0.334 e. The van der Waals surface area contributed by atoms with E-state index in [1.165, 1.54) is 14.2 Å². The highest BCUT2D eigenvalue weighted by Gasteiger charge is 2.11. The third kappa shape index (κ3) is 3.42. The van der Waals surface area contributed by atoms with E-state index in [9.17, 15) is 4.79 Å². The van der Waals surface area contributed by atoms with Crippen molar-refractivity contribution in [1.82, 2.24) is 0 Å². The lowest BCUT2D eigenvalue weighted by molar-refractivity contribution is -0.160. The molecule has 0 aromatic heterocycles. The van der Waals surface area contributed by atoms with Gasteiger partial charge in [-0.15, -0.1) is 0 Å². The van der Waals surface area contributed by atoms with Crippen molar-refractivity contribution in [3.05, 3.63) is 0 Å². The van der Waals surface area contributed by atoms with Crippen molar-refractivity contribution in [2.24, 2.45) is 0 Å². The zero-order valence-electron chi connectivity index (χ0n) is 6.42. The summed E-state index contributed by atoms with van der Waals surface area (Å²) in [6, 6.07) is 0. The van der Waals surface area contributed by atoms with E-state index in [4.69, 9.17) is 4.74 Å². The molecule has 0 aromatic carbocycles. The van der Waals surface area contributed by atoms with Gasteiger partial charge in [-0.3, -0.25) is 0 Å². The summed E-state index contributed by atoms with van der Waals surface area (Å²) in [5, 5.41) is 0. The number of hydrogen-bond acceptors (Lipinski definition) is 4. The van der Waals surface area contributed by atoms with Crippen LogP contribution >= 0.6 is 0 Å². The summed E-state index contributed by atoms with van der Waals surface area (Å²) in [6.07, 6.45) is -0.551. The van der Waals surface area contributed by atoms with Gasteiger partial charge in [0.25, 0.3) is 0 Å². The standard InChI is InChI=1S/C6H12O4/c1-5(6(7)9-3)10-4-8-2/h5H,4H2,1-3H3/t5-/m1/s1. The summed E-state index contributed by atoms with van der Waals surface area (Å²) in [4.78, 5) is 10.6.